The molecule has 1 aliphatic heterocycles. The lowest BCUT2D eigenvalue weighted by Gasteiger charge is -2.34. The molecular formula is C18H25N3O2S. The third-order valence-electron chi connectivity index (χ3n) is 4.49. The summed E-state index contributed by atoms with van der Waals surface area (Å²) in [6, 6.07) is 6.47. The van der Waals surface area contributed by atoms with Crippen LogP contribution in [0.5, 0.6) is 5.75 Å². The Morgan fingerprint density at radius 2 is 1.92 bits per heavy atom. The van der Waals surface area contributed by atoms with E-state index in [1.807, 2.05) is 6.20 Å². The van der Waals surface area contributed by atoms with Crippen molar-refractivity contribution >= 4 is 11.5 Å². The van der Waals surface area contributed by atoms with Gasteiger partial charge in [0.15, 0.2) is 0 Å². The Kier molecular flexibility index (Phi) is 6.20. The molecule has 1 aromatic carbocycles. The molecule has 6 heteroatoms. The molecule has 0 saturated carbocycles. The second-order valence-electron chi connectivity index (χ2n) is 6.06. The summed E-state index contributed by atoms with van der Waals surface area (Å²) in [4.78, 5) is 4.98. The molecule has 1 fully saturated rings. The number of nitrogens with zero attached hydrogens (tertiary/aromatic N) is 3. The maximum atomic E-state index is 5.51. The number of rotatable bonds is 7. The zero-order chi connectivity index (χ0) is 16.8. The molecule has 2 aromatic rings. The van der Waals surface area contributed by atoms with Gasteiger partial charge in [0.05, 0.1) is 13.7 Å². The van der Waals surface area contributed by atoms with E-state index in [4.69, 9.17) is 9.47 Å². The number of benzene rings is 1. The molecule has 0 unspecified atom stereocenters. The lowest BCUT2D eigenvalue weighted by Crippen LogP contribution is -2.46. The second kappa shape index (κ2) is 8.58. The Morgan fingerprint density at radius 3 is 2.58 bits per heavy atom. The predicted octanol–water partition coefficient (Wildman–Crippen LogP) is 2.58. The van der Waals surface area contributed by atoms with Crippen LogP contribution in [-0.2, 0) is 11.3 Å². The Bertz CT molecular complexity index is 625. The SMILES string of the molecule is COCCN1CCN(Cc2ccc(OC)c(-c3cnsc3)c2)CC1. The zero-order valence-electron chi connectivity index (χ0n) is 14.4. The number of piperazine rings is 1. The van der Waals surface area contributed by atoms with Gasteiger partial charge in [0, 0.05) is 69.1 Å². The summed E-state index contributed by atoms with van der Waals surface area (Å²) in [6.07, 6.45) is 1.90. The average molecular weight is 347 g/mol. The van der Waals surface area contributed by atoms with E-state index in [1.165, 1.54) is 17.1 Å². The lowest BCUT2D eigenvalue weighted by atomic mass is 10.0. The van der Waals surface area contributed by atoms with Gasteiger partial charge in [-0.25, -0.2) is 4.37 Å². The molecule has 1 aromatic heterocycles. The van der Waals surface area contributed by atoms with Gasteiger partial charge in [0.25, 0.3) is 0 Å². The minimum atomic E-state index is 0.816. The Labute approximate surface area is 148 Å². The van der Waals surface area contributed by atoms with Gasteiger partial charge in [-0.15, -0.1) is 0 Å². The van der Waals surface area contributed by atoms with Crippen LogP contribution in [0.25, 0.3) is 11.1 Å². The van der Waals surface area contributed by atoms with Gasteiger partial charge in [0.2, 0.25) is 0 Å². The number of ether oxygens (including phenoxy) is 2. The largest absolute Gasteiger partial charge is 0.496 e. The van der Waals surface area contributed by atoms with E-state index in [2.05, 4.69) is 37.8 Å². The van der Waals surface area contributed by atoms with E-state index in [1.54, 1.807) is 14.2 Å². The van der Waals surface area contributed by atoms with E-state index < -0.39 is 0 Å². The highest BCUT2D eigenvalue weighted by Gasteiger charge is 2.17. The van der Waals surface area contributed by atoms with Gasteiger partial charge in [0.1, 0.15) is 5.75 Å². The molecule has 2 heterocycles. The highest BCUT2D eigenvalue weighted by atomic mass is 32.1. The standard InChI is InChI=1S/C18H25N3O2S/c1-22-10-9-20-5-7-21(8-6-20)13-15-3-4-18(23-2)17(11-15)16-12-19-24-14-16/h3-4,11-12,14H,5-10,13H2,1-2H3. The van der Waals surface area contributed by atoms with Crippen LogP contribution in [0.3, 0.4) is 0 Å². The van der Waals surface area contributed by atoms with Crippen LogP contribution in [0.15, 0.2) is 29.8 Å². The van der Waals surface area contributed by atoms with E-state index in [9.17, 15) is 0 Å². The van der Waals surface area contributed by atoms with Gasteiger partial charge < -0.3 is 9.47 Å². The molecule has 5 nitrogen and oxygen atoms in total. The number of hydrogen-bond donors (Lipinski definition) is 0. The van der Waals surface area contributed by atoms with E-state index in [0.29, 0.717) is 0 Å². The molecule has 0 amide bonds. The molecule has 0 N–H and O–H groups in total. The predicted molar refractivity (Wildman–Crippen MR) is 97.7 cm³/mol. The fourth-order valence-corrected chi connectivity index (χ4v) is 3.60. The van der Waals surface area contributed by atoms with Crippen molar-refractivity contribution in [3.63, 3.8) is 0 Å². The first-order valence-corrected chi connectivity index (χ1v) is 9.14. The van der Waals surface area contributed by atoms with Crippen molar-refractivity contribution in [3.05, 3.63) is 35.3 Å². The zero-order valence-corrected chi connectivity index (χ0v) is 15.2. The topological polar surface area (TPSA) is 37.8 Å². The molecule has 0 radical (unpaired) electrons. The molecule has 24 heavy (non-hydrogen) atoms. The highest BCUT2D eigenvalue weighted by molar-refractivity contribution is 7.03. The monoisotopic (exact) mass is 347 g/mol. The third-order valence-corrected chi connectivity index (χ3v) is 5.08. The summed E-state index contributed by atoms with van der Waals surface area (Å²) < 4.78 is 14.9. The molecule has 0 bridgehead atoms. The van der Waals surface area contributed by atoms with Crippen molar-refractivity contribution in [2.45, 2.75) is 6.54 Å². The van der Waals surface area contributed by atoms with Crippen LogP contribution >= 0.6 is 11.5 Å². The van der Waals surface area contributed by atoms with Crippen molar-refractivity contribution in [1.82, 2.24) is 14.2 Å². The average Bonchev–Trinajstić information content (AvgIpc) is 3.15. The van der Waals surface area contributed by atoms with Crippen molar-refractivity contribution in [3.8, 4) is 16.9 Å². The number of hydrogen-bond acceptors (Lipinski definition) is 6. The van der Waals surface area contributed by atoms with Crippen molar-refractivity contribution in [2.24, 2.45) is 0 Å². The van der Waals surface area contributed by atoms with Crippen LogP contribution in [0.2, 0.25) is 0 Å². The van der Waals surface area contributed by atoms with E-state index in [-0.39, 0.29) is 0 Å². The van der Waals surface area contributed by atoms with E-state index in [0.717, 1.165) is 62.8 Å². The van der Waals surface area contributed by atoms with Crippen LogP contribution in [0.1, 0.15) is 5.56 Å². The summed E-state index contributed by atoms with van der Waals surface area (Å²) in [5.41, 5.74) is 3.58. The second-order valence-corrected chi connectivity index (χ2v) is 6.72. The fraction of sp³-hybridized carbons (Fsp3) is 0.500. The Hall–Kier alpha value is -1.47. The first-order valence-electron chi connectivity index (χ1n) is 8.30. The van der Waals surface area contributed by atoms with Gasteiger partial charge in [-0.05, 0) is 29.2 Å². The molecule has 1 aliphatic rings. The summed E-state index contributed by atoms with van der Waals surface area (Å²) in [5.74, 6) is 0.906. The minimum Gasteiger partial charge on any atom is -0.496 e. The van der Waals surface area contributed by atoms with Crippen molar-refractivity contribution in [2.75, 3.05) is 53.6 Å². The van der Waals surface area contributed by atoms with Gasteiger partial charge in [-0.1, -0.05) is 6.07 Å². The summed E-state index contributed by atoms with van der Waals surface area (Å²) in [6.45, 7) is 7.25. The van der Waals surface area contributed by atoms with Crippen LogP contribution in [0.4, 0.5) is 0 Å². The molecule has 0 atom stereocenters. The third kappa shape index (κ3) is 4.33. The van der Waals surface area contributed by atoms with Crippen molar-refractivity contribution in [1.29, 1.82) is 0 Å². The molecule has 130 valence electrons. The van der Waals surface area contributed by atoms with Crippen LogP contribution < -0.4 is 4.74 Å². The summed E-state index contributed by atoms with van der Waals surface area (Å²) in [7, 11) is 3.48. The van der Waals surface area contributed by atoms with E-state index >= 15 is 0 Å². The Balaban J connectivity index is 1.63. The minimum absolute atomic E-state index is 0.816. The molecule has 0 spiro atoms. The lowest BCUT2D eigenvalue weighted by molar-refractivity contribution is 0.0938. The maximum absolute atomic E-state index is 5.51. The number of aromatic nitrogens is 1. The summed E-state index contributed by atoms with van der Waals surface area (Å²) >= 11 is 1.47. The van der Waals surface area contributed by atoms with Gasteiger partial charge in [-0.2, -0.15) is 0 Å². The Morgan fingerprint density at radius 1 is 1.12 bits per heavy atom. The number of methoxy groups -OCH3 is 2. The summed E-state index contributed by atoms with van der Waals surface area (Å²) in [5, 5.41) is 2.07. The van der Waals surface area contributed by atoms with Gasteiger partial charge >= 0.3 is 0 Å². The normalized spacial score (nSPS) is 16.4. The molecular weight excluding hydrogens is 322 g/mol. The quantitative estimate of drug-likeness (QED) is 0.770. The molecule has 3 rings (SSSR count). The smallest absolute Gasteiger partial charge is 0.126 e. The fourth-order valence-electron chi connectivity index (χ4n) is 3.07. The first-order chi connectivity index (χ1) is 11.8. The highest BCUT2D eigenvalue weighted by Crippen LogP contribution is 2.31. The maximum Gasteiger partial charge on any atom is 0.126 e. The van der Waals surface area contributed by atoms with Crippen molar-refractivity contribution < 1.29 is 9.47 Å². The van der Waals surface area contributed by atoms with Crippen LogP contribution in [-0.4, -0.2) is 67.7 Å². The van der Waals surface area contributed by atoms with Gasteiger partial charge in [-0.3, -0.25) is 9.80 Å². The molecule has 0 aliphatic carbocycles. The first kappa shape index (κ1) is 17.4. The van der Waals surface area contributed by atoms with Crippen LogP contribution in [0, 0.1) is 0 Å². The molecule has 1 saturated heterocycles.